The summed E-state index contributed by atoms with van der Waals surface area (Å²) in [5.74, 6) is 1.43. The van der Waals surface area contributed by atoms with Crippen molar-refractivity contribution in [3.8, 4) is 0 Å². The molecule has 0 bridgehead atoms. The van der Waals surface area contributed by atoms with Gasteiger partial charge in [0.05, 0.1) is 23.9 Å². The summed E-state index contributed by atoms with van der Waals surface area (Å²) >= 11 is 0. The van der Waals surface area contributed by atoms with Crippen molar-refractivity contribution in [3.63, 3.8) is 0 Å². The smallest absolute Gasteiger partial charge is 0.186 e. The average molecular weight is 483 g/mol. The molecule has 5 fully saturated rings. The van der Waals surface area contributed by atoms with Crippen LogP contribution in [0.15, 0.2) is 0 Å². The fourth-order valence-electron chi connectivity index (χ4n) is 9.44. The SMILES string of the molecule is CC(O)C1CCC2(O)C3CCC4CC(OC5OC(C)C(O)C(O)C5O)CCC4(C)C3CCC12C. The highest BCUT2D eigenvalue weighted by molar-refractivity contribution is 5.17. The predicted molar refractivity (Wildman–Crippen MR) is 126 cm³/mol. The maximum atomic E-state index is 12.1. The van der Waals surface area contributed by atoms with E-state index in [0.717, 1.165) is 57.8 Å². The van der Waals surface area contributed by atoms with E-state index in [4.69, 9.17) is 9.47 Å². The molecule has 34 heavy (non-hydrogen) atoms. The van der Waals surface area contributed by atoms with Gasteiger partial charge in [0.2, 0.25) is 0 Å². The molecule has 7 nitrogen and oxygen atoms in total. The van der Waals surface area contributed by atoms with Crippen molar-refractivity contribution in [2.45, 2.75) is 134 Å². The highest BCUT2D eigenvalue weighted by Gasteiger charge is 2.67. The quantitative estimate of drug-likeness (QED) is 0.392. The summed E-state index contributed by atoms with van der Waals surface area (Å²) in [6.45, 7) is 8.23. The van der Waals surface area contributed by atoms with E-state index in [1.807, 2.05) is 6.92 Å². The van der Waals surface area contributed by atoms with E-state index in [-0.39, 0.29) is 34.9 Å². The molecule has 5 N–H and O–H groups in total. The van der Waals surface area contributed by atoms with E-state index in [9.17, 15) is 25.5 Å². The minimum atomic E-state index is -1.27. The van der Waals surface area contributed by atoms with Crippen LogP contribution < -0.4 is 0 Å². The first-order chi connectivity index (χ1) is 15.9. The van der Waals surface area contributed by atoms with Gasteiger partial charge in [-0.25, -0.2) is 0 Å². The topological polar surface area (TPSA) is 120 Å². The van der Waals surface area contributed by atoms with Crippen LogP contribution >= 0.6 is 0 Å². The van der Waals surface area contributed by atoms with Crippen LogP contribution in [0.4, 0.5) is 0 Å². The number of ether oxygens (including phenoxy) is 2. The number of fused-ring (bicyclic) bond motifs is 5. The third-order valence-corrected chi connectivity index (χ3v) is 11.6. The minimum Gasteiger partial charge on any atom is -0.393 e. The Hall–Kier alpha value is -0.280. The summed E-state index contributed by atoms with van der Waals surface area (Å²) in [6, 6.07) is 0. The van der Waals surface area contributed by atoms with Gasteiger partial charge in [-0.05, 0) is 101 Å². The Kier molecular flexibility index (Phi) is 6.45. The lowest BCUT2D eigenvalue weighted by molar-refractivity contribution is -0.310. The molecular formula is C27H46O7. The first-order valence-electron chi connectivity index (χ1n) is 13.7. The molecule has 14 atom stereocenters. The van der Waals surface area contributed by atoms with Crippen molar-refractivity contribution in [2.75, 3.05) is 0 Å². The Balaban J connectivity index is 1.29. The van der Waals surface area contributed by atoms with E-state index in [2.05, 4.69) is 13.8 Å². The lowest BCUT2D eigenvalue weighted by atomic mass is 9.43. The molecule has 4 saturated carbocycles. The van der Waals surface area contributed by atoms with Gasteiger partial charge in [-0.2, -0.15) is 0 Å². The zero-order valence-corrected chi connectivity index (χ0v) is 21.3. The largest absolute Gasteiger partial charge is 0.393 e. The van der Waals surface area contributed by atoms with E-state index >= 15 is 0 Å². The lowest BCUT2D eigenvalue weighted by Gasteiger charge is -2.64. The van der Waals surface area contributed by atoms with Gasteiger partial charge in [0.25, 0.3) is 0 Å². The highest BCUT2D eigenvalue weighted by Crippen LogP contribution is 2.69. The second-order valence-corrected chi connectivity index (χ2v) is 13.0. The van der Waals surface area contributed by atoms with Crippen molar-refractivity contribution in [3.05, 3.63) is 0 Å². The third-order valence-electron chi connectivity index (χ3n) is 11.6. The fraction of sp³-hybridized carbons (Fsp3) is 1.00. The minimum absolute atomic E-state index is 0.0491. The number of hydrogen-bond acceptors (Lipinski definition) is 7. The zero-order chi connectivity index (χ0) is 24.6. The van der Waals surface area contributed by atoms with Gasteiger partial charge in [0.15, 0.2) is 6.29 Å². The van der Waals surface area contributed by atoms with E-state index in [1.54, 1.807) is 6.92 Å². The van der Waals surface area contributed by atoms with Gasteiger partial charge in [-0.15, -0.1) is 0 Å². The van der Waals surface area contributed by atoms with E-state index < -0.39 is 36.3 Å². The van der Waals surface area contributed by atoms with Crippen molar-refractivity contribution >= 4 is 0 Å². The van der Waals surface area contributed by atoms with Crippen LogP contribution in [0.25, 0.3) is 0 Å². The molecule has 0 amide bonds. The molecular weight excluding hydrogens is 436 g/mol. The number of aliphatic hydroxyl groups is 5. The Bertz CT molecular complexity index is 761. The van der Waals surface area contributed by atoms with E-state index in [1.165, 1.54) is 0 Å². The Morgan fingerprint density at radius 2 is 1.62 bits per heavy atom. The normalized spacial score (nSPS) is 58.5. The van der Waals surface area contributed by atoms with Crippen molar-refractivity contribution in [1.29, 1.82) is 0 Å². The molecule has 1 saturated heterocycles. The third kappa shape index (κ3) is 3.56. The first-order valence-corrected chi connectivity index (χ1v) is 13.7. The molecule has 0 spiro atoms. The molecule has 0 radical (unpaired) electrons. The molecule has 7 heteroatoms. The van der Waals surface area contributed by atoms with Gasteiger partial charge >= 0.3 is 0 Å². The number of hydrogen-bond donors (Lipinski definition) is 5. The van der Waals surface area contributed by atoms with Crippen LogP contribution in [-0.4, -0.2) is 74.0 Å². The Morgan fingerprint density at radius 3 is 2.32 bits per heavy atom. The summed E-state index contributed by atoms with van der Waals surface area (Å²) in [4.78, 5) is 0. The summed E-state index contributed by atoms with van der Waals surface area (Å²) in [5.41, 5.74) is -0.744. The molecule has 196 valence electrons. The standard InChI is InChI=1S/C27H46O7/c1-14(28)18-9-12-27(32)20-6-5-16-13-17(34-24-23(31)22(30)21(29)15(2)33-24)7-10-25(16,3)19(20)8-11-26(18,27)4/h14-24,28-32H,5-13H2,1-4H3. The fourth-order valence-corrected chi connectivity index (χ4v) is 9.44. The zero-order valence-electron chi connectivity index (χ0n) is 21.3. The second-order valence-electron chi connectivity index (χ2n) is 13.0. The first kappa shape index (κ1) is 25.4. The number of rotatable bonds is 3. The van der Waals surface area contributed by atoms with Crippen LogP contribution in [0, 0.1) is 34.5 Å². The van der Waals surface area contributed by atoms with Gasteiger partial charge in [0, 0.05) is 5.41 Å². The highest BCUT2D eigenvalue weighted by atomic mass is 16.7. The van der Waals surface area contributed by atoms with Crippen LogP contribution in [-0.2, 0) is 9.47 Å². The molecule has 1 heterocycles. The maximum absolute atomic E-state index is 12.1. The predicted octanol–water partition coefficient (Wildman–Crippen LogP) is 2.35. The van der Waals surface area contributed by atoms with Crippen molar-refractivity contribution in [1.82, 2.24) is 0 Å². The van der Waals surface area contributed by atoms with Gasteiger partial charge in [-0.3, -0.25) is 0 Å². The molecule has 1 aliphatic heterocycles. The lowest BCUT2D eigenvalue weighted by Crippen LogP contribution is -2.63. The van der Waals surface area contributed by atoms with Crippen LogP contribution in [0.3, 0.4) is 0 Å². The molecule has 14 unspecified atom stereocenters. The molecule has 0 aromatic carbocycles. The van der Waals surface area contributed by atoms with Crippen LogP contribution in [0.2, 0.25) is 0 Å². The van der Waals surface area contributed by atoms with Crippen LogP contribution in [0.5, 0.6) is 0 Å². The summed E-state index contributed by atoms with van der Waals surface area (Å²) in [6.07, 6.45) is 3.04. The van der Waals surface area contributed by atoms with Gasteiger partial charge < -0.3 is 35.0 Å². The van der Waals surface area contributed by atoms with Crippen molar-refractivity contribution < 1.29 is 35.0 Å². The summed E-state index contributed by atoms with van der Waals surface area (Å²) < 4.78 is 11.9. The molecule has 5 rings (SSSR count). The monoisotopic (exact) mass is 482 g/mol. The second kappa shape index (κ2) is 8.64. The summed E-state index contributed by atoms with van der Waals surface area (Å²) in [5, 5.41) is 53.1. The molecule has 4 aliphatic carbocycles. The maximum Gasteiger partial charge on any atom is 0.186 e. The molecule has 5 aliphatic rings. The van der Waals surface area contributed by atoms with E-state index in [0.29, 0.717) is 11.8 Å². The Labute approximate surface area is 203 Å². The molecule has 0 aromatic rings. The van der Waals surface area contributed by atoms with Gasteiger partial charge in [0.1, 0.15) is 18.3 Å². The van der Waals surface area contributed by atoms with Crippen molar-refractivity contribution in [2.24, 2.45) is 34.5 Å². The van der Waals surface area contributed by atoms with Crippen LogP contribution in [0.1, 0.15) is 85.5 Å². The average Bonchev–Trinajstić information content (AvgIpc) is 3.07. The Morgan fingerprint density at radius 1 is 0.882 bits per heavy atom. The number of aliphatic hydroxyl groups excluding tert-OH is 4. The summed E-state index contributed by atoms with van der Waals surface area (Å²) in [7, 11) is 0. The molecule has 0 aromatic heterocycles. The van der Waals surface area contributed by atoms with Gasteiger partial charge in [-0.1, -0.05) is 13.8 Å².